The average molecular weight is 252 g/mol. The van der Waals surface area contributed by atoms with Gasteiger partial charge in [0.2, 0.25) is 0 Å². The Kier molecular flexibility index (Phi) is 575. The first-order valence-corrected chi connectivity index (χ1v) is 3.15. The zero-order chi connectivity index (χ0) is 6.71. The van der Waals surface area contributed by atoms with E-state index in [1.54, 1.807) is 0 Å². The fraction of sp³-hybridized carbons (Fsp3) is 0.600. The first-order valence-electron chi connectivity index (χ1n) is 1.94. The van der Waals surface area contributed by atoms with Gasteiger partial charge in [0, 0.05) is 7.11 Å². The Morgan fingerprint density at radius 2 is 1.44 bits per heavy atom. The van der Waals surface area contributed by atoms with E-state index in [0.717, 1.165) is 13.5 Å². The molecule has 0 heterocycles. The first kappa shape index (κ1) is 32.8. The van der Waals surface area contributed by atoms with Gasteiger partial charge in [-0.25, -0.2) is 0 Å². The van der Waals surface area contributed by atoms with Gasteiger partial charge in [0.25, 0.3) is 0 Å². The van der Waals surface area contributed by atoms with Crippen molar-refractivity contribution in [3.8, 4) is 0 Å². The van der Waals surface area contributed by atoms with Gasteiger partial charge < -0.3 is 19.5 Å². The zero-order valence-corrected chi connectivity index (χ0v) is 11.1. The molecule has 2 nitrogen and oxygen atoms in total. The van der Waals surface area contributed by atoms with Crippen LogP contribution in [0.4, 0.5) is 0 Å². The van der Waals surface area contributed by atoms with Crippen molar-refractivity contribution >= 4 is 17.0 Å². The Hall–Kier alpha value is 0.863. The van der Waals surface area contributed by atoms with Crippen LogP contribution in [0.15, 0.2) is 0 Å². The van der Waals surface area contributed by atoms with Crippen LogP contribution in [0, 0.1) is 14.4 Å². The van der Waals surface area contributed by atoms with E-state index in [1.807, 2.05) is 6.92 Å². The second-order valence-electron chi connectivity index (χ2n) is 0.500. The Bertz CT molecular complexity index is 18.9. The quantitative estimate of drug-likeness (QED) is 0.527. The molecule has 0 aromatic heterocycles. The number of rotatable bonds is 0. The van der Waals surface area contributed by atoms with Gasteiger partial charge in [-0.15, -0.1) is 17.0 Å². The summed E-state index contributed by atoms with van der Waals surface area (Å²) in [5, 5.41) is 7.00. The van der Waals surface area contributed by atoms with Gasteiger partial charge in [-0.1, -0.05) is 6.92 Å². The molecule has 0 aromatic rings. The van der Waals surface area contributed by atoms with Crippen LogP contribution in [0.3, 0.4) is 0 Å². The molecule has 0 atom stereocenters. The summed E-state index contributed by atoms with van der Waals surface area (Å²) >= 11 is 0.125. The second-order valence-corrected chi connectivity index (χ2v) is 0.500. The summed E-state index contributed by atoms with van der Waals surface area (Å²) in [6, 6.07) is 0. The van der Waals surface area contributed by atoms with Crippen molar-refractivity contribution in [1.29, 1.82) is 0 Å². The van der Waals surface area contributed by atoms with Gasteiger partial charge in [0.05, 0.1) is 0 Å². The Labute approximate surface area is 78.8 Å². The van der Waals surface area contributed by atoms with Crippen molar-refractivity contribution in [1.82, 2.24) is 0 Å². The van der Waals surface area contributed by atoms with Crippen molar-refractivity contribution in [2.45, 2.75) is 13.3 Å². The summed E-state index contributed by atoms with van der Waals surface area (Å²) in [5.41, 5.74) is 0. The first-order chi connectivity index (χ1) is 3.41. The topological polar surface area (TPSA) is 37.3 Å². The predicted octanol–water partition coefficient (Wildman–Crippen LogP) is 1.75. The van der Waals surface area contributed by atoms with Crippen molar-refractivity contribution in [3.05, 3.63) is 14.4 Å². The molecular formula is C5H15BrO2Zn-2. The van der Waals surface area contributed by atoms with Crippen molar-refractivity contribution in [3.63, 3.8) is 0 Å². The van der Waals surface area contributed by atoms with Crippen molar-refractivity contribution < 1.29 is 26.9 Å². The van der Waals surface area contributed by atoms with Crippen LogP contribution in [-0.2, 0) is 21.8 Å². The molecule has 0 aliphatic heterocycles. The molecule has 58 valence electrons. The molecule has 4 heteroatoms. The molecule has 0 rings (SSSR count). The standard InChI is InChI=1S/C3H7.CH4O.CH3.BrH.O.Zn/c1-3-2;1-2;;;;/h1,3H2,2H3;2H,1H3;1H3;1H;;/q-1;;-1;;;. The number of hydrogen-bond donors (Lipinski definition) is 1. The molecule has 0 radical (unpaired) electrons. The summed E-state index contributed by atoms with van der Waals surface area (Å²) in [7, 11) is 1.00. The summed E-state index contributed by atoms with van der Waals surface area (Å²) in [6.07, 6.45) is 1.00. The van der Waals surface area contributed by atoms with Crippen LogP contribution in [0.2, 0.25) is 0 Å². The van der Waals surface area contributed by atoms with E-state index in [9.17, 15) is 0 Å². The molecule has 0 bridgehead atoms. The third kappa shape index (κ3) is 560. The molecule has 0 fully saturated rings. The van der Waals surface area contributed by atoms with Gasteiger partial charge in [-0.05, 0) is 0 Å². The van der Waals surface area contributed by atoms with E-state index in [1.165, 1.54) is 0 Å². The fourth-order valence-electron chi connectivity index (χ4n) is 0. The molecule has 0 saturated heterocycles. The van der Waals surface area contributed by atoms with Gasteiger partial charge in [0.15, 0.2) is 0 Å². The van der Waals surface area contributed by atoms with Crippen molar-refractivity contribution in [2.75, 3.05) is 7.11 Å². The molecule has 0 unspecified atom stereocenters. The average Bonchev–Trinajstić information content (AvgIpc) is 1.78. The van der Waals surface area contributed by atoms with Gasteiger partial charge in [-0.2, -0.15) is 6.42 Å². The SMILES string of the molecule is Br.CO.[CH2-]CC.[CH3-].[O]=[Zn]. The van der Waals surface area contributed by atoms with E-state index in [2.05, 4.69) is 6.92 Å². The Morgan fingerprint density at radius 3 is 1.44 bits per heavy atom. The van der Waals surface area contributed by atoms with Crippen LogP contribution in [0.25, 0.3) is 0 Å². The third-order valence-corrected chi connectivity index (χ3v) is 0. The molecule has 9 heavy (non-hydrogen) atoms. The summed E-state index contributed by atoms with van der Waals surface area (Å²) in [4.78, 5) is 0. The van der Waals surface area contributed by atoms with Gasteiger partial charge >= 0.3 is 21.8 Å². The predicted molar refractivity (Wildman–Crippen MR) is 41.2 cm³/mol. The van der Waals surface area contributed by atoms with E-state index in [-0.39, 0.29) is 42.7 Å². The van der Waals surface area contributed by atoms with Crippen LogP contribution < -0.4 is 0 Å². The minimum absolute atomic E-state index is 0. The Balaban J connectivity index is -0.00000000825. The minimum atomic E-state index is 0. The number of hydrogen-bond acceptors (Lipinski definition) is 2. The number of aliphatic hydroxyl groups is 1. The molecule has 0 aliphatic carbocycles. The fourth-order valence-corrected chi connectivity index (χ4v) is 0. The second kappa shape index (κ2) is 158. The van der Waals surface area contributed by atoms with E-state index < -0.39 is 0 Å². The summed E-state index contributed by atoms with van der Waals surface area (Å²) in [5.74, 6) is 0. The normalized spacial score (nSPS) is 3.33. The van der Waals surface area contributed by atoms with Crippen LogP contribution in [-0.4, -0.2) is 12.2 Å². The molecule has 0 aromatic carbocycles. The zero-order valence-electron chi connectivity index (χ0n) is 6.39. The van der Waals surface area contributed by atoms with Gasteiger partial charge in [-0.3, -0.25) is 0 Å². The molecule has 1 N–H and O–H groups in total. The summed E-state index contributed by atoms with van der Waals surface area (Å²) < 4.78 is 8.38. The maximum atomic E-state index is 8.38. The monoisotopic (exact) mass is 250 g/mol. The molecule has 0 amide bonds. The molecule has 0 saturated carbocycles. The van der Waals surface area contributed by atoms with Crippen LogP contribution in [0.5, 0.6) is 0 Å². The van der Waals surface area contributed by atoms with E-state index in [0.29, 0.717) is 0 Å². The third-order valence-electron chi connectivity index (χ3n) is 0. The number of halogens is 1. The number of aliphatic hydroxyl groups excluding tert-OH is 1. The summed E-state index contributed by atoms with van der Waals surface area (Å²) in [6.45, 7) is 5.50. The maximum absolute atomic E-state index is 8.38. The van der Waals surface area contributed by atoms with Crippen LogP contribution >= 0.6 is 17.0 Å². The van der Waals surface area contributed by atoms with Crippen LogP contribution in [0.1, 0.15) is 13.3 Å². The molecule has 0 aliphatic rings. The van der Waals surface area contributed by atoms with Crippen molar-refractivity contribution in [2.24, 2.45) is 0 Å². The van der Waals surface area contributed by atoms with Gasteiger partial charge in [0.1, 0.15) is 0 Å². The molecule has 0 spiro atoms. The van der Waals surface area contributed by atoms with E-state index in [4.69, 9.17) is 8.68 Å². The molecular weight excluding hydrogens is 237 g/mol. The Morgan fingerprint density at radius 1 is 1.44 bits per heavy atom. The van der Waals surface area contributed by atoms with E-state index >= 15 is 0 Å².